The average molecular weight is 240 g/mol. The van der Waals surface area contributed by atoms with Crippen molar-refractivity contribution in [2.45, 2.75) is 31.0 Å². The highest BCUT2D eigenvalue weighted by atomic mass is 16.4. The number of rotatable bonds is 5. The zero-order valence-corrected chi connectivity index (χ0v) is 9.50. The molecule has 1 rings (SSSR count). The Kier molecular flexibility index (Phi) is 3.71. The van der Waals surface area contributed by atoms with E-state index in [0.717, 1.165) is 0 Å². The highest BCUT2D eigenvalue weighted by molar-refractivity contribution is 5.80. The molecule has 1 atom stereocenters. The van der Waals surface area contributed by atoms with Crippen molar-refractivity contribution in [3.63, 3.8) is 0 Å². The predicted octanol–water partition coefficient (Wildman–Crippen LogP) is -1.48. The SMILES string of the molecule is CCCC(N)(c1ccnnn1)C(N)(N)C(=O)O. The Balaban J connectivity index is 3.28. The van der Waals surface area contributed by atoms with E-state index in [-0.39, 0.29) is 12.1 Å². The summed E-state index contributed by atoms with van der Waals surface area (Å²) in [6.07, 6.45) is 2.23. The van der Waals surface area contributed by atoms with E-state index in [1.165, 1.54) is 12.3 Å². The molecule has 1 heterocycles. The van der Waals surface area contributed by atoms with Crippen LogP contribution in [-0.4, -0.2) is 32.1 Å². The normalized spacial score (nSPS) is 15.3. The highest BCUT2D eigenvalue weighted by Crippen LogP contribution is 2.28. The quantitative estimate of drug-likeness (QED) is 0.454. The van der Waals surface area contributed by atoms with Gasteiger partial charge in [-0.1, -0.05) is 13.3 Å². The summed E-state index contributed by atoms with van der Waals surface area (Å²) < 4.78 is 0. The number of carboxylic acids is 1. The third-order valence-electron chi connectivity index (χ3n) is 2.70. The third kappa shape index (κ3) is 2.23. The molecule has 0 bridgehead atoms. The van der Waals surface area contributed by atoms with Gasteiger partial charge in [0, 0.05) is 0 Å². The maximum Gasteiger partial charge on any atom is 0.340 e. The second-order valence-electron chi connectivity index (χ2n) is 3.90. The van der Waals surface area contributed by atoms with E-state index >= 15 is 0 Å². The number of nitrogens with zero attached hydrogens (tertiary/aromatic N) is 3. The fraction of sp³-hybridized carbons (Fsp3) is 0.556. The minimum Gasteiger partial charge on any atom is -0.479 e. The summed E-state index contributed by atoms with van der Waals surface area (Å²) in [4.78, 5) is 11.1. The van der Waals surface area contributed by atoms with Crippen LogP contribution in [0.25, 0.3) is 0 Å². The van der Waals surface area contributed by atoms with Gasteiger partial charge in [0.1, 0.15) is 5.54 Å². The minimum atomic E-state index is -2.13. The Morgan fingerprint density at radius 3 is 2.53 bits per heavy atom. The molecule has 0 fully saturated rings. The van der Waals surface area contributed by atoms with E-state index in [9.17, 15) is 4.79 Å². The first kappa shape index (κ1) is 13.4. The van der Waals surface area contributed by atoms with Crippen molar-refractivity contribution in [3.8, 4) is 0 Å². The third-order valence-corrected chi connectivity index (χ3v) is 2.70. The van der Waals surface area contributed by atoms with Crippen LogP contribution in [0.3, 0.4) is 0 Å². The fourth-order valence-electron chi connectivity index (χ4n) is 1.61. The summed E-state index contributed by atoms with van der Waals surface area (Å²) >= 11 is 0. The fourth-order valence-corrected chi connectivity index (χ4v) is 1.61. The van der Waals surface area contributed by atoms with Gasteiger partial charge in [0.15, 0.2) is 5.66 Å². The van der Waals surface area contributed by atoms with Gasteiger partial charge in [0.2, 0.25) is 0 Å². The molecule has 0 aliphatic carbocycles. The van der Waals surface area contributed by atoms with Crippen LogP contribution in [0, 0.1) is 0 Å². The lowest BCUT2D eigenvalue weighted by atomic mass is 9.79. The maximum atomic E-state index is 11.1. The largest absolute Gasteiger partial charge is 0.479 e. The van der Waals surface area contributed by atoms with Crippen molar-refractivity contribution in [3.05, 3.63) is 18.0 Å². The summed E-state index contributed by atoms with van der Waals surface area (Å²) in [7, 11) is 0. The van der Waals surface area contributed by atoms with Gasteiger partial charge in [0.05, 0.1) is 11.9 Å². The first-order chi connectivity index (χ1) is 7.86. The first-order valence-electron chi connectivity index (χ1n) is 5.11. The van der Waals surface area contributed by atoms with Crippen molar-refractivity contribution >= 4 is 5.97 Å². The van der Waals surface area contributed by atoms with Gasteiger partial charge in [-0.25, -0.2) is 4.79 Å². The molecule has 0 saturated carbocycles. The number of nitrogens with two attached hydrogens (primary N) is 3. The van der Waals surface area contributed by atoms with Crippen LogP contribution in [0.5, 0.6) is 0 Å². The molecule has 7 N–H and O–H groups in total. The lowest BCUT2D eigenvalue weighted by Crippen LogP contribution is -2.73. The Morgan fingerprint density at radius 2 is 2.12 bits per heavy atom. The molecule has 8 nitrogen and oxygen atoms in total. The Bertz CT molecular complexity index is 396. The molecule has 0 aliphatic rings. The Hall–Kier alpha value is -1.64. The second-order valence-corrected chi connectivity index (χ2v) is 3.90. The van der Waals surface area contributed by atoms with Crippen molar-refractivity contribution < 1.29 is 9.90 Å². The maximum absolute atomic E-state index is 11.1. The van der Waals surface area contributed by atoms with Crippen molar-refractivity contribution in [2.24, 2.45) is 17.2 Å². The van der Waals surface area contributed by atoms with Crippen molar-refractivity contribution in [2.75, 3.05) is 0 Å². The Labute approximate surface area is 98.2 Å². The summed E-state index contributed by atoms with van der Waals surface area (Å²) in [6, 6.07) is 1.46. The van der Waals surface area contributed by atoms with Crippen LogP contribution < -0.4 is 17.2 Å². The molecule has 1 unspecified atom stereocenters. The zero-order valence-electron chi connectivity index (χ0n) is 9.50. The van der Waals surface area contributed by atoms with Crippen LogP contribution in [-0.2, 0) is 10.3 Å². The molecule has 0 amide bonds. The van der Waals surface area contributed by atoms with E-state index in [2.05, 4.69) is 15.4 Å². The summed E-state index contributed by atoms with van der Waals surface area (Å²) in [6.45, 7) is 1.84. The first-order valence-corrected chi connectivity index (χ1v) is 5.11. The van der Waals surface area contributed by atoms with E-state index in [4.69, 9.17) is 22.3 Å². The smallest absolute Gasteiger partial charge is 0.340 e. The molecule has 94 valence electrons. The van der Waals surface area contributed by atoms with Crippen LogP contribution in [0.15, 0.2) is 12.3 Å². The molecule has 8 heteroatoms. The van der Waals surface area contributed by atoms with Crippen LogP contribution in [0.1, 0.15) is 25.5 Å². The zero-order chi connectivity index (χ0) is 13.1. The molecule has 0 aromatic carbocycles. The molecule has 0 saturated heterocycles. The number of aliphatic carboxylic acids is 1. The van der Waals surface area contributed by atoms with Crippen LogP contribution >= 0.6 is 0 Å². The van der Waals surface area contributed by atoms with Gasteiger partial charge in [-0.3, -0.25) is 0 Å². The molecule has 1 aromatic heterocycles. The lowest BCUT2D eigenvalue weighted by Gasteiger charge is -2.39. The van der Waals surface area contributed by atoms with Gasteiger partial charge in [-0.15, -0.1) is 10.2 Å². The van der Waals surface area contributed by atoms with E-state index in [1.807, 2.05) is 6.92 Å². The number of carbonyl (C=O) groups is 1. The van der Waals surface area contributed by atoms with Crippen molar-refractivity contribution in [1.29, 1.82) is 0 Å². The number of hydrogen-bond donors (Lipinski definition) is 4. The molecular formula is C9H16N6O2. The van der Waals surface area contributed by atoms with E-state index in [0.29, 0.717) is 6.42 Å². The summed E-state index contributed by atoms with van der Waals surface area (Å²) in [5.41, 5.74) is 13.9. The number of hydrogen-bond acceptors (Lipinski definition) is 7. The number of carboxylic acid groups (broad SMARTS) is 1. The van der Waals surface area contributed by atoms with Crippen LogP contribution in [0.4, 0.5) is 0 Å². The van der Waals surface area contributed by atoms with Crippen LogP contribution in [0.2, 0.25) is 0 Å². The molecular weight excluding hydrogens is 224 g/mol. The summed E-state index contributed by atoms with van der Waals surface area (Å²) in [5, 5.41) is 19.7. The minimum absolute atomic E-state index is 0.210. The Morgan fingerprint density at radius 1 is 1.47 bits per heavy atom. The average Bonchev–Trinajstić information content (AvgIpc) is 2.30. The van der Waals surface area contributed by atoms with Gasteiger partial charge in [0.25, 0.3) is 0 Å². The molecule has 1 aromatic rings. The monoisotopic (exact) mass is 240 g/mol. The lowest BCUT2D eigenvalue weighted by molar-refractivity contribution is -0.146. The van der Waals surface area contributed by atoms with Gasteiger partial charge < -0.3 is 22.3 Å². The number of aromatic nitrogens is 3. The van der Waals surface area contributed by atoms with Gasteiger partial charge in [-0.05, 0) is 17.7 Å². The molecule has 0 radical (unpaired) electrons. The molecule has 0 aliphatic heterocycles. The van der Waals surface area contributed by atoms with E-state index in [1.54, 1.807) is 0 Å². The second kappa shape index (κ2) is 4.70. The molecule has 0 spiro atoms. The predicted molar refractivity (Wildman–Crippen MR) is 59.3 cm³/mol. The highest BCUT2D eigenvalue weighted by Gasteiger charge is 2.51. The molecule has 17 heavy (non-hydrogen) atoms. The van der Waals surface area contributed by atoms with Gasteiger partial charge in [-0.2, -0.15) is 0 Å². The van der Waals surface area contributed by atoms with Gasteiger partial charge >= 0.3 is 5.97 Å². The van der Waals surface area contributed by atoms with E-state index < -0.39 is 17.2 Å². The standard InChI is InChI=1S/C9H16N6O2/c1-2-4-8(10,9(11,12)7(16)17)6-3-5-13-15-14-6/h3,5H,2,4,10-12H2,1H3,(H,16,17). The topological polar surface area (TPSA) is 154 Å². The van der Waals surface area contributed by atoms with Crippen molar-refractivity contribution in [1.82, 2.24) is 15.4 Å². The summed E-state index contributed by atoms with van der Waals surface area (Å²) in [5.74, 6) is -1.40.